The Morgan fingerprint density at radius 3 is 1.48 bits per heavy atom. The smallest absolute Gasteiger partial charge is 0.462 e. The van der Waals surface area contributed by atoms with Crippen LogP contribution in [0.25, 0.3) is 0 Å². The van der Waals surface area contributed by atoms with E-state index < -0.39 is 32.5 Å². The summed E-state index contributed by atoms with van der Waals surface area (Å²) in [5, 5.41) is 0. The van der Waals surface area contributed by atoms with Crippen molar-refractivity contribution < 1.29 is 42.1 Å². The van der Waals surface area contributed by atoms with E-state index in [0.717, 1.165) is 51.4 Å². The van der Waals surface area contributed by atoms with Gasteiger partial charge in [0.05, 0.1) is 27.7 Å². The summed E-state index contributed by atoms with van der Waals surface area (Å²) < 4.78 is 34.2. The number of phosphoric acid groups is 1. The molecule has 0 spiro atoms. The topological polar surface area (TPSA) is 108 Å². The van der Waals surface area contributed by atoms with Crippen LogP contribution in [0.4, 0.5) is 0 Å². The van der Waals surface area contributed by atoms with Gasteiger partial charge in [-0.15, -0.1) is 0 Å². The van der Waals surface area contributed by atoms with Crippen molar-refractivity contribution in [3.63, 3.8) is 0 Å². The lowest BCUT2D eigenvalue weighted by Gasteiger charge is -2.24. The van der Waals surface area contributed by atoms with E-state index in [1.807, 2.05) is 21.1 Å². The van der Waals surface area contributed by atoms with Crippen molar-refractivity contribution >= 4 is 19.8 Å². The summed E-state index contributed by atoms with van der Waals surface area (Å²) in [6.45, 7) is 4.37. The van der Waals surface area contributed by atoms with Crippen LogP contribution in [-0.2, 0) is 32.7 Å². The van der Waals surface area contributed by atoms with E-state index in [4.69, 9.17) is 18.5 Å². The summed E-state index contributed by atoms with van der Waals surface area (Å²) in [5.74, 6) is -0.832. The van der Waals surface area contributed by atoms with Crippen LogP contribution in [0.15, 0.2) is 24.3 Å². The van der Waals surface area contributed by atoms with Crippen LogP contribution in [0.3, 0.4) is 0 Å². The molecular weight excluding hydrogens is 677 g/mol. The molecule has 0 saturated carbocycles. The molecular formula is C42H81NO8P+. The molecule has 2 atom stereocenters. The molecule has 10 heteroatoms. The minimum Gasteiger partial charge on any atom is -0.462 e. The second-order valence-corrected chi connectivity index (χ2v) is 16.8. The van der Waals surface area contributed by atoms with Crippen molar-refractivity contribution in [3.8, 4) is 0 Å². The van der Waals surface area contributed by atoms with Gasteiger partial charge in [0.2, 0.25) is 0 Å². The van der Waals surface area contributed by atoms with E-state index in [-0.39, 0.29) is 26.1 Å². The van der Waals surface area contributed by atoms with Gasteiger partial charge in [0.1, 0.15) is 19.8 Å². The fraction of sp³-hybridized carbons (Fsp3) is 0.857. The SMILES string of the molecule is CCCCCC/C=C/CCCCCCCC(=O)O[C@H](COC(=O)CCCC/C=C/CCCCCCCCCCC)COP(=O)(O)OCC[N+](C)(C)C. The number of esters is 2. The van der Waals surface area contributed by atoms with Crippen LogP contribution in [-0.4, -0.2) is 74.9 Å². The third kappa shape index (κ3) is 38.2. The molecule has 1 unspecified atom stereocenters. The first kappa shape index (κ1) is 50.5. The molecule has 0 aliphatic carbocycles. The minimum atomic E-state index is -4.37. The Morgan fingerprint density at radius 2 is 0.981 bits per heavy atom. The molecule has 1 N–H and O–H groups in total. The maximum absolute atomic E-state index is 12.6. The fourth-order valence-corrected chi connectivity index (χ4v) is 6.33. The maximum atomic E-state index is 12.6. The van der Waals surface area contributed by atoms with Gasteiger partial charge in [0.15, 0.2) is 6.10 Å². The van der Waals surface area contributed by atoms with E-state index in [1.165, 1.54) is 89.9 Å². The lowest BCUT2D eigenvalue weighted by atomic mass is 10.1. The van der Waals surface area contributed by atoms with E-state index in [0.29, 0.717) is 23.9 Å². The van der Waals surface area contributed by atoms with Gasteiger partial charge < -0.3 is 18.9 Å². The number of phosphoric ester groups is 1. The summed E-state index contributed by atoms with van der Waals surface area (Å²) in [7, 11) is 1.46. The number of unbranched alkanes of at least 4 members (excludes halogenated alkanes) is 20. The molecule has 0 fully saturated rings. The third-order valence-electron chi connectivity index (χ3n) is 8.95. The molecule has 0 radical (unpaired) electrons. The van der Waals surface area contributed by atoms with Gasteiger partial charge in [-0.25, -0.2) is 4.57 Å². The van der Waals surface area contributed by atoms with Gasteiger partial charge in [-0.1, -0.05) is 128 Å². The highest BCUT2D eigenvalue weighted by Crippen LogP contribution is 2.43. The van der Waals surface area contributed by atoms with Crippen molar-refractivity contribution in [2.75, 3.05) is 47.5 Å². The normalized spacial score (nSPS) is 13.9. The summed E-state index contributed by atoms with van der Waals surface area (Å²) >= 11 is 0. The Labute approximate surface area is 319 Å². The van der Waals surface area contributed by atoms with Crippen LogP contribution in [0.5, 0.6) is 0 Å². The lowest BCUT2D eigenvalue weighted by Crippen LogP contribution is -2.37. The van der Waals surface area contributed by atoms with Crippen molar-refractivity contribution in [2.45, 2.75) is 187 Å². The monoisotopic (exact) mass is 759 g/mol. The van der Waals surface area contributed by atoms with Gasteiger partial charge in [0, 0.05) is 12.8 Å². The van der Waals surface area contributed by atoms with Crippen molar-refractivity contribution in [1.29, 1.82) is 0 Å². The standard InChI is InChI=1S/C42H80NO8P/c1-6-8-10-12-14-16-18-20-21-23-24-26-28-30-32-34-41(44)48-38-40(39-50-52(46,47)49-37-36-43(3,4)5)51-42(45)35-33-31-29-27-25-22-19-17-15-13-11-9-7-2/h17,19,24,26,40H,6-16,18,20-23,25,27-39H2,1-5H3/p+1/b19-17+,26-24+/t40-/m1/s1. The molecule has 9 nitrogen and oxygen atoms in total. The molecule has 0 bridgehead atoms. The zero-order valence-electron chi connectivity index (χ0n) is 34.3. The fourth-order valence-electron chi connectivity index (χ4n) is 5.59. The second-order valence-electron chi connectivity index (χ2n) is 15.4. The zero-order valence-corrected chi connectivity index (χ0v) is 35.2. The van der Waals surface area contributed by atoms with Gasteiger partial charge in [0.25, 0.3) is 0 Å². The molecule has 0 aromatic rings. The largest absolute Gasteiger partial charge is 0.472 e. The summed E-state index contributed by atoms with van der Waals surface area (Å²) in [6, 6.07) is 0. The molecule has 0 heterocycles. The van der Waals surface area contributed by atoms with Crippen molar-refractivity contribution in [2.24, 2.45) is 0 Å². The Kier molecular flexibility index (Phi) is 34.2. The van der Waals surface area contributed by atoms with Gasteiger partial charge in [-0.3, -0.25) is 18.6 Å². The summed E-state index contributed by atoms with van der Waals surface area (Å²) in [5.41, 5.74) is 0. The van der Waals surface area contributed by atoms with Gasteiger partial charge in [-0.2, -0.15) is 0 Å². The number of hydrogen-bond donors (Lipinski definition) is 1. The number of hydrogen-bond acceptors (Lipinski definition) is 7. The highest BCUT2D eigenvalue weighted by Gasteiger charge is 2.27. The van der Waals surface area contributed by atoms with Gasteiger partial charge in [-0.05, 0) is 64.2 Å². The highest BCUT2D eigenvalue weighted by atomic mass is 31.2. The minimum absolute atomic E-state index is 0.0283. The van der Waals surface area contributed by atoms with Crippen LogP contribution >= 0.6 is 7.82 Å². The Morgan fingerprint density at radius 1 is 0.577 bits per heavy atom. The first-order chi connectivity index (χ1) is 25.0. The number of quaternary nitrogens is 1. The Balaban J connectivity index is 4.42. The molecule has 0 amide bonds. The number of nitrogens with zero attached hydrogens (tertiary/aromatic N) is 1. The third-order valence-corrected chi connectivity index (χ3v) is 9.94. The van der Waals surface area contributed by atoms with E-state index in [1.54, 1.807) is 0 Å². The van der Waals surface area contributed by atoms with Crippen LogP contribution in [0, 0.1) is 0 Å². The quantitative estimate of drug-likeness (QED) is 0.0218. The predicted octanol–water partition coefficient (Wildman–Crippen LogP) is 11.6. The van der Waals surface area contributed by atoms with Gasteiger partial charge >= 0.3 is 19.8 Å². The number of carbonyl (C=O) groups excluding carboxylic acids is 2. The van der Waals surface area contributed by atoms with E-state index in [9.17, 15) is 19.0 Å². The first-order valence-electron chi connectivity index (χ1n) is 21.1. The Bertz CT molecular complexity index is 949. The number of ether oxygens (including phenoxy) is 2. The number of carbonyl (C=O) groups is 2. The molecule has 306 valence electrons. The highest BCUT2D eigenvalue weighted by molar-refractivity contribution is 7.47. The molecule has 0 aromatic carbocycles. The number of likely N-dealkylation sites (N-methyl/N-ethyl adjacent to an activating group) is 1. The zero-order chi connectivity index (χ0) is 38.6. The molecule has 52 heavy (non-hydrogen) atoms. The average molecular weight is 759 g/mol. The maximum Gasteiger partial charge on any atom is 0.472 e. The van der Waals surface area contributed by atoms with Crippen LogP contribution in [0.1, 0.15) is 181 Å². The first-order valence-corrected chi connectivity index (χ1v) is 22.6. The number of rotatable bonds is 38. The summed E-state index contributed by atoms with van der Waals surface area (Å²) in [4.78, 5) is 35.2. The second kappa shape index (κ2) is 35.2. The van der Waals surface area contributed by atoms with E-state index in [2.05, 4.69) is 38.2 Å². The molecule has 0 aliphatic rings. The average Bonchev–Trinajstić information content (AvgIpc) is 3.09. The Hall–Kier alpha value is -1.51. The molecule has 0 saturated heterocycles. The lowest BCUT2D eigenvalue weighted by molar-refractivity contribution is -0.870. The van der Waals surface area contributed by atoms with Crippen molar-refractivity contribution in [3.05, 3.63) is 24.3 Å². The van der Waals surface area contributed by atoms with Crippen LogP contribution in [0.2, 0.25) is 0 Å². The van der Waals surface area contributed by atoms with Crippen LogP contribution < -0.4 is 0 Å². The molecule has 0 aliphatic heterocycles. The number of allylic oxidation sites excluding steroid dienone is 4. The van der Waals surface area contributed by atoms with E-state index >= 15 is 0 Å². The summed E-state index contributed by atoms with van der Waals surface area (Å²) in [6.07, 6.45) is 36.5. The molecule has 0 aromatic heterocycles. The molecule has 0 rings (SSSR count). The predicted molar refractivity (Wildman–Crippen MR) is 215 cm³/mol. The van der Waals surface area contributed by atoms with Crippen molar-refractivity contribution in [1.82, 2.24) is 0 Å².